The Hall–Kier alpha value is 0.270. The van der Waals surface area contributed by atoms with Gasteiger partial charge in [0, 0.05) is 24.9 Å². The van der Waals surface area contributed by atoms with E-state index in [0.29, 0.717) is 12.6 Å². The number of nitrogens with one attached hydrogen (secondary N) is 1. The number of thioether (sulfide) groups is 1. The van der Waals surface area contributed by atoms with E-state index in [9.17, 15) is 0 Å². The first-order valence-corrected chi connectivity index (χ1v) is 6.74. The molecule has 14 heavy (non-hydrogen) atoms. The summed E-state index contributed by atoms with van der Waals surface area (Å²) in [7, 11) is 0. The van der Waals surface area contributed by atoms with E-state index in [1.807, 2.05) is 11.8 Å². The maximum Gasteiger partial charge on any atom is 0.0431 e. The van der Waals surface area contributed by atoms with Crippen molar-refractivity contribution in [2.24, 2.45) is 5.92 Å². The van der Waals surface area contributed by atoms with Crippen molar-refractivity contribution in [3.63, 3.8) is 0 Å². The van der Waals surface area contributed by atoms with Gasteiger partial charge in [-0.3, -0.25) is 0 Å². The summed E-state index contributed by atoms with van der Waals surface area (Å²) < 4.78 is 0. The van der Waals surface area contributed by atoms with Crippen LogP contribution in [0.4, 0.5) is 0 Å². The van der Waals surface area contributed by atoms with E-state index < -0.39 is 0 Å². The molecule has 0 aromatic carbocycles. The lowest BCUT2D eigenvalue weighted by atomic mass is 10.2. The Balaban J connectivity index is 3.10. The second-order valence-corrected chi connectivity index (χ2v) is 5.34. The van der Waals surface area contributed by atoms with Crippen molar-refractivity contribution < 1.29 is 5.11 Å². The Morgan fingerprint density at radius 3 is 2.57 bits per heavy atom. The fourth-order valence-corrected chi connectivity index (χ4v) is 2.10. The first kappa shape index (κ1) is 14.3. The van der Waals surface area contributed by atoms with E-state index in [4.69, 9.17) is 5.11 Å². The second kappa shape index (κ2) is 9.81. The lowest BCUT2D eigenvalue weighted by Crippen LogP contribution is -2.28. The third kappa shape index (κ3) is 10.4. The Morgan fingerprint density at radius 1 is 1.29 bits per heavy atom. The van der Waals surface area contributed by atoms with Crippen LogP contribution in [0.2, 0.25) is 0 Å². The Morgan fingerprint density at radius 2 is 2.00 bits per heavy atom. The smallest absolute Gasteiger partial charge is 0.0431 e. The number of hydrogen-bond donors (Lipinski definition) is 2. The molecule has 0 aromatic rings. The van der Waals surface area contributed by atoms with Crippen LogP contribution in [0, 0.1) is 5.92 Å². The molecule has 0 spiro atoms. The van der Waals surface area contributed by atoms with Gasteiger partial charge in [-0.2, -0.15) is 11.8 Å². The van der Waals surface area contributed by atoms with Crippen molar-refractivity contribution >= 4 is 11.8 Å². The van der Waals surface area contributed by atoms with Gasteiger partial charge in [-0.1, -0.05) is 13.8 Å². The molecule has 0 fully saturated rings. The summed E-state index contributed by atoms with van der Waals surface area (Å²) in [6, 6.07) is 0.543. The van der Waals surface area contributed by atoms with Crippen LogP contribution in [0.15, 0.2) is 0 Å². The summed E-state index contributed by atoms with van der Waals surface area (Å²) in [5.41, 5.74) is 0. The molecule has 0 heterocycles. The molecule has 0 aliphatic carbocycles. The van der Waals surface area contributed by atoms with Crippen LogP contribution < -0.4 is 5.32 Å². The van der Waals surface area contributed by atoms with E-state index in [2.05, 4.69) is 26.1 Å². The SMILES string of the molecule is CC(C)CSCCNC(C)CCCO. The fourth-order valence-electron chi connectivity index (χ4n) is 1.20. The molecule has 86 valence electrons. The molecule has 1 atom stereocenters. The Kier molecular flexibility index (Phi) is 10.0. The van der Waals surface area contributed by atoms with Crippen LogP contribution in [0.1, 0.15) is 33.6 Å². The lowest BCUT2D eigenvalue weighted by Gasteiger charge is -2.12. The van der Waals surface area contributed by atoms with Gasteiger partial charge in [0.25, 0.3) is 0 Å². The van der Waals surface area contributed by atoms with E-state index in [1.54, 1.807) is 0 Å². The molecule has 0 bridgehead atoms. The molecule has 0 radical (unpaired) electrons. The molecular formula is C11H25NOS. The molecule has 0 aliphatic heterocycles. The highest BCUT2D eigenvalue weighted by atomic mass is 32.2. The summed E-state index contributed by atoms with van der Waals surface area (Å²) >= 11 is 2.02. The summed E-state index contributed by atoms with van der Waals surface area (Å²) in [5.74, 6) is 3.25. The summed E-state index contributed by atoms with van der Waals surface area (Å²) in [6.07, 6.45) is 1.98. The van der Waals surface area contributed by atoms with Crippen molar-refractivity contribution in [1.82, 2.24) is 5.32 Å². The molecular weight excluding hydrogens is 194 g/mol. The first-order chi connectivity index (χ1) is 6.66. The van der Waals surface area contributed by atoms with Gasteiger partial charge in [0.05, 0.1) is 0 Å². The van der Waals surface area contributed by atoms with Crippen LogP contribution in [0.25, 0.3) is 0 Å². The van der Waals surface area contributed by atoms with Crippen LogP contribution in [-0.2, 0) is 0 Å². The fraction of sp³-hybridized carbons (Fsp3) is 1.00. The normalized spacial score (nSPS) is 13.5. The number of rotatable bonds is 9. The van der Waals surface area contributed by atoms with Gasteiger partial charge in [-0.05, 0) is 31.4 Å². The summed E-state index contributed by atoms with van der Waals surface area (Å²) in [5, 5.41) is 12.1. The predicted molar refractivity (Wildman–Crippen MR) is 65.9 cm³/mol. The third-order valence-corrected chi connectivity index (χ3v) is 3.38. The highest BCUT2D eigenvalue weighted by molar-refractivity contribution is 7.99. The van der Waals surface area contributed by atoms with E-state index in [1.165, 1.54) is 11.5 Å². The molecule has 0 saturated heterocycles. The second-order valence-electron chi connectivity index (χ2n) is 4.19. The molecule has 0 amide bonds. The Bertz CT molecular complexity index is 120. The quantitative estimate of drug-likeness (QED) is 0.583. The topological polar surface area (TPSA) is 32.3 Å². The first-order valence-electron chi connectivity index (χ1n) is 5.58. The highest BCUT2D eigenvalue weighted by Crippen LogP contribution is 2.06. The maximum atomic E-state index is 8.65. The average molecular weight is 219 g/mol. The molecule has 2 N–H and O–H groups in total. The molecule has 0 rings (SSSR count). The lowest BCUT2D eigenvalue weighted by molar-refractivity contribution is 0.277. The van der Waals surface area contributed by atoms with Gasteiger partial charge >= 0.3 is 0 Å². The predicted octanol–water partition coefficient (Wildman–Crippen LogP) is 2.13. The van der Waals surface area contributed by atoms with E-state index >= 15 is 0 Å². The van der Waals surface area contributed by atoms with Crippen molar-refractivity contribution in [2.45, 2.75) is 39.7 Å². The monoisotopic (exact) mass is 219 g/mol. The van der Waals surface area contributed by atoms with Crippen molar-refractivity contribution in [1.29, 1.82) is 0 Å². The van der Waals surface area contributed by atoms with E-state index in [0.717, 1.165) is 25.3 Å². The molecule has 1 unspecified atom stereocenters. The van der Waals surface area contributed by atoms with Crippen LogP contribution in [0.5, 0.6) is 0 Å². The standard InChI is InChI=1S/C11H25NOS/c1-10(2)9-14-8-6-12-11(3)5-4-7-13/h10-13H,4-9H2,1-3H3. The van der Waals surface area contributed by atoms with Crippen LogP contribution >= 0.6 is 11.8 Å². The maximum absolute atomic E-state index is 8.65. The number of aliphatic hydroxyl groups excluding tert-OH is 1. The molecule has 2 nitrogen and oxygen atoms in total. The molecule has 0 aliphatic rings. The minimum Gasteiger partial charge on any atom is -0.396 e. The van der Waals surface area contributed by atoms with Crippen molar-refractivity contribution in [3.05, 3.63) is 0 Å². The largest absolute Gasteiger partial charge is 0.396 e. The van der Waals surface area contributed by atoms with E-state index in [-0.39, 0.29) is 0 Å². The summed E-state index contributed by atoms with van der Waals surface area (Å²) in [4.78, 5) is 0. The van der Waals surface area contributed by atoms with Gasteiger partial charge in [-0.25, -0.2) is 0 Å². The minimum absolute atomic E-state index is 0.314. The van der Waals surface area contributed by atoms with Crippen LogP contribution in [0.3, 0.4) is 0 Å². The average Bonchev–Trinajstić information content (AvgIpc) is 2.13. The van der Waals surface area contributed by atoms with Crippen LogP contribution in [-0.4, -0.2) is 35.8 Å². The van der Waals surface area contributed by atoms with Gasteiger partial charge in [0.1, 0.15) is 0 Å². The van der Waals surface area contributed by atoms with Gasteiger partial charge in [0.15, 0.2) is 0 Å². The zero-order valence-corrected chi connectivity index (χ0v) is 10.6. The Labute approximate surface area is 92.9 Å². The molecule has 3 heteroatoms. The van der Waals surface area contributed by atoms with Gasteiger partial charge in [0.2, 0.25) is 0 Å². The van der Waals surface area contributed by atoms with Gasteiger partial charge in [-0.15, -0.1) is 0 Å². The highest BCUT2D eigenvalue weighted by Gasteiger charge is 2.00. The minimum atomic E-state index is 0.314. The molecule has 0 aromatic heterocycles. The van der Waals surface area contributed by atoms with Gasteiger partial charge < -0.3 is 10.4 Å². The molecule has 0 saturated carbocycles. The zero-order valence-electron chi connectivity index (χ0n) is 9.75. The van der Waals surface area contributed by atoms with Crippen molar-refractivity contribution in [2.75, 3.05) is 24.7 Å². The third-order valence-electron chi connectivity index (χ3n) is 1.99. The number of hydrogen-bond acceptors (Lipinski definition) is 3. The zero-order chi connectivity index (χ0) is 10.8. The number of aliphatic hydroxyl groups is 1. The summed E-state index contributed by atoms with van der Waals surface area (Å²) in [6.45, 7) is 8.09. The van der Waals surface area contributed by atoms with Crippen molar-refractivity contribution in [3.8, 4) is 0 Å².